The van der Waals surface area contributed by atoms with E-state index in [1.807, 2.05) is 0 Å². The number of ether oxygens (including phenoxy) is 2. The molecule has 0 bridgehead atoms. The average Bonchev–Trinajstić information content (AvgIpc) is 2.34. The van der Waals surface area contributed by atoms with Crippen molar-refractivity contribution in [3.63, 3.8) is 0 Å². The van der Waals surface area contributed by atoms with E-state index < -0.39 is 14.2 Å². The van der Waals surface area contributed by atoms with Crippen molar-refractivity contribution in [1.29, 1.82) is 0 Å². The molecule has 0 saturated heterocycles. The van der Waals surface area contributed by atoms with Gasteiger partial charge in [0.05, 0.1) is 13.2 Å². The van der Waals surface area contributed by atoms with Gasteiger partial charge in [-0.2, -0.15) is 0 Å². The number of carbonyl (C=O) groups excluding carboxylic acids is 1. The predicted molar refractivity (Wildman–Crippen MR) is 92.1 cm³/mol. The lowest BCUT2D eigenvalue weighted by atomic mass is 10.4. The molecule has 0 N–H and O–H groups in total. The van der Waals surface area contributed by atoms with Gasteiger partial charge in [0.25, 0.3) is 0 Å². The highest BCUT2D eigenvalue weighted by atomic mass is 28.3. The van der Waals surface area contributed by atoms with E-state index in [2.05, 4.69) is 32.6 Å². The van der Waals surface area contributed by atoms with Crippen LogP contribution in [-0.4, -0.2) is 37.0 Å². The van der Waals surface area contributed by atoms with Crippen LogP contribution in [0.4, 0.5) is 4.79 Å². The fourth-order valence-electron chi connectivity index (χ4n) is 2.13. The first-order chi connectivity index (χ1) is 9.37. The molecular formula is C15H32O3Si2. The van der Waals surface area contributed by atoms with Crippen molar-refractivity contribution >= 4 is 23.7 Å². The molecule has 5 heteroatoms. The van der Waals surface area contributed by atoms with E-state index in [9.17, 15) is 4.79 Å². The van der Waals surface area contributed by atoms with Crippen LogP contribution in [0.1, 0.15) is 33.6 Å². The third-order valence-corrected chi connectivity index (χ3v) is 8.77. The molecule has 0 rings (SSSR count). The zero-order valence-corrected chi connectivity index (χ0v) is 16.4. The van der Waals surface area contributed by atoms with Gasteiger partial charge in [0.15, 0.2) is 0 Å². The molecule has 0 aliphatic carbocycles. The maximum Gasteiger partial charge on any atom is 0.508 e. The zero-order chi connectivity index (χ0) is 15.4. The van der Waals surface area contributed by atoms with Crippen molar-refractivity contribution in [3.8, 4) is 0 Å². The molecule has 0 fully saturated rings. The summed E-state index contributed by atoms with van der Waals surface area (Å²) in [6, 6.07) is 4.06. The molecule has 3 nitrogen and oxygen atoms in total. The Hall–Kier alpha value is -0.556. The van der Waals surface area contributed by atoms with Gasteiger partial charge in [-0.1, -0.05) is 43.2 Å². The molecule has 118 valence electrons. The summed E-state index contributed by atoms with van der Waals surface area (Å²) in [5.74, 6) is 0. The van der Waals surface area contributed by atoms with Gasteiger partial charge >= 0.3 is 6.16 Å². The number of hydrogen-bond acceptors (Lipinski definition) is 3. The molecule has 0 aromatic heterocycles. The van der Waals surface area contributed by atoms with E-state index in [4.69, 9.17) is 9.47 Å². The summed E-state index contributed by atoms with van der Waals surface area (Å²) >= 11 is 0. The van der Waals surface area contributed by atoms with E-state index in [1.54, 1.807) is 6.92 Å². The van der Waals surface area contributed by atoms with Gasteiger partial charge in [0, 0.05) is 17.6 Å². The Morgan fingerprint density at radius 3 is 2.40 bits per heavy atom. The molecule has 0 aliphatic heterocycles. The van der Waals surface area contributed by atoms with Gasteiger partial charge in [-0.15, -0.1) is 5.70 Å². The van der Waals surface area contributed by atoms with Crippen LogP contribution in [0.5, 0.6) is 0 Å². The normalized spacial score (nSPS) is 11.7. The van der Waals surface area contributed by atoms with E-state index in [0.29, 0.717) is 13.2 Å². The maximum atomic E-state index is 11.0. The first kappa shape index (κ1) is 19.4. The first-order valence-electron chi connectivity index (χ1n) is 7.80. The van der Waals surface area contributed by atoms with Gasteiger partial charge in [-0.25, -0.2) is 4.79 Å². The van der Waals surface area contributed by atoms with Gasteiger partial charge < -0.3 is 9.47 Å². The lowest BCUT2D eigenvalue weighted by molar-refractivity contribution is 0.0591. The van der Waals surface area contributed by atoms with Crippen LogP contribution in [0.15, 0.2) is 11.3 Å². The second-order valence-electron chi connectivity index (χ2n) is 6.33. The Kier molecular flexibility index (Phi) is 10.8. The second kappa shape index (κ2) is 11.1. The fraction of sp³-hybridized carbons (Fsp3) is 0.800. The third kappa shape index (κ3) is 12.5. The lowest BCUT2D eigenvalue weighted by Gasteiger charge is -2.22. The number of carbonyl (C=O) groups is 1. The van der Waals surface area contributed by atoms with E-state index in [1.165, 1.54) is 30.1 Å². The standard InChI is InChI=1S/C15H32O3Si2/c1-6-17-15(16)18-9-7-11-20(4,5)12-8-10-19-13-14(2)3/h13H,6-12,19H2,1-5H3. The van der Waals surface area contributed by atoms with E-state index in [-0.39, 0.29) is 9.52 Å². The highest BCUT2D eigenvalue weighted by molar-refractivity contribution is 6.77. The van der Waals surface area contributed by atoms with Crippen molar-refractivity contribution < 1.29 is 14.3 Å². The maximum absolute atomic E-state index is 11.0. The van der Waals surface area contributed by atoms with Gasteiger partial charge in [0.2, 0.25) is 0 Å². The smallest absolute Gasteiger partial charge is 0.435 e. The summed E-state index contributed by atoms with van der Waals surface area (Å²) in [6.45, 7) is 11.9. The van der Waals surface area contributed by atoms with Crippen LogP contribution in [0.25, 0.3) is 0 Å². The summed E-state index contributed by atoms with van der Waals surface area (Å²) < 4.78 is 9.74. The predicted octanol–water partition coefficient (Wildman–Crippen LogP) is 4.16. The van der Waals surface area contributed by atoms with Crippen LogP contribution < -0.4 is 0 Å². The quantitative estimate of drug-likeness (QED) is 0.345. The molecule has 0 unspecified atom stereocenters. The Morgan fingerprint density at radius 2 is 1.80 bits per heavy atom. The average molecular weight is 317 g/mol. The SMILES string of the molecule is CCOC(=O)OCCC[Si](C)(C)CCC[SiH2]C=C(C)C. The minimum atomic E-state index is -1.10. The molecule has 0 heterocycles. The van der Waals surface area contributed by atoms with Crippen LogP contribution in [0.2, 0.25) is 31.2 Å². The van der Waals surface area contributed by atoms with Crippen molar-refractivity contribution in [2.45, 2.75) is 64.8 Å². The third-order valence-electron chi connectivity index (χ3n) is 3.34. The van der Waals surface area contributed by atoms with Crippen molar-refractivity contribution in [2.24, 2.45) is 0 Å². The topological polar surface area (TPSA) is 35.5 Å². The Labute approximate surface area is 128 Å². The van der Waals surface area contributed by atoms with Crippen LogP contribution >= 0.6 is 0 Å². The largest absolute Gasteiger partial charge is 0.508 e. The van der Waals surface area contributed by atoms with Crippen molar-refractivity contribution in [3.05, 3.63) is 11.3 Å². The molecule has 0 amide bonds. The van der Waals surface area contributed by atoms with Gasteiger partial charge in [-0.05, 0) is 27.2 Å². The lowest BCUT2D eigenvalue weighted by Crippen LogP contribution is -2.25. The van der Waals surface area contributed by atoms with Crippen LogP contribution in [0, 0.1) is 0 Å². The highest BCUT2D eigenvalue weighted by Crippen LogP contribution is 2.20. The van der Waals surface area contributed by atoms with Crippen molar-refractivity contribution in [1.82, 2.24) is 0 Å². The molecule has 0 aliphatic rings. The number of allylic oxidation sites excluding steroid dienone is 1. The molecule has 0 saturated carbocycles. The number of hydrogen-bond donors (Lipinski definition) is 0. The molecule has 0 spiro atoms. The minimum Gasteiger partial charge on any atom is -0.435 e. The molecule has 0 aromatic rings. The zero-order valence-electron chi connectivity index (χ0n) is 14.0. The molecule has 0 atom stereocenters. The Balaban J connectivity index is 3.63. The Morgan fingerprint density at radius 1 is 1.15 bits per heavy atom. The van der Waals surface area contributed by atoms with Gasteiger partial charge in [-0.3, -0.25) is 0 Å². The van der Waals surface area contributed by atoms with E-state index in [0.717, 1.165) is 6.42 Å². The number of rotatable bonds is 10. The van der Waals surface area contributed by atoms with Crippen molar-refractivity contribution in [2.75, 3.05) is 13.2 Å². The molecule has 0 radical (unpaired) electrons. The molecule has 0 aromatic carbocycles. The molecular weight excluding hydrogens is 284 g/mol. The summed E-state index contributed by atoms with van der Waals surface area (Å²) in [5, 5.41) is 0. The Bertz CT molecular complexity index is 297. The summed E-state index contributed by atoms with van der Waals surface area (Å²) in [7, 11) is -1.07. The summed E-state index contributed by atoms with van der Waals surface area (Å²) in [4.78, 5) is 11.0. The highest BCUT2D eigenvalue weighted by Gasteiger charge is 2.19. The first-order valence-corrected chi connectivity index (χ1v) is 13.0. The summed E-state index contributed by atoms with van der Waals surface area (Å²) in [5.41, 5.74) is 3.94. The van der Waals surface area contributed by atoms with Crippen LogP contribution in [0.3, 0.4) is 0 Å². The van der Waals surface area contributed by atoms with E-state index >= 15 is 0 Å². The summed E-state index contributed by atoms with van der Waals surface area (Å²) in [6.07, 6.45) is 1.83. The fourth-order valence-corrected chi connectivity index (χ4v) is 6.51. The van der Waals surface area contributed by atoms with Crippen LogP contribution in [-0.2, 0) is 9.47 Å². The monoisotopic (exact) mass is 316 g/mol. The minimum absolute atomic E-state index is 0.0289. The molecule has 20 heavy (non-hydrogen) atoms. The van der Waals surface area contributed by atoms with Gasteiger partial charge in [0.1, 0.15) is 0 Å². The second-order valence-corrected chi connectivity index (χ2v) is 13.3.